The third-order valence-corrected chi connectivity index (χ3v) is 6.95. The predicted octanol–water partition coefficient (Wildman–Crippen LogP) is 4.13. The molecule has 3 fully saturated rings. The van der Waals surface area contributed by atoms with Crippen LogP contribution >= 0.6 is 0 Å². The molecule has 1 aliphatic carbocycles. The van der Waals surface area contributed by atoms with Gasteiger partial charge >= 0.3 is 7.12 Å². The van der Waals surface area contributed by atoms with Gasteiger partial charge in [-0.25, -0.2) is 0 Å². The number of rotatable bonds is 3. The molecule has 1 unspecified atom stereocenters. The van der Waals surface area contributed by atoms with Crippen LogP contribution in [0.2, 0.25) is 5.82 Å². The Morgan fingerprint density at radius 1 is 1.00 bits per heavy atom. The van der Waals surface area contributed by atoms with Crippen LogP contribution in [0.3, 0.4) is 0 Å². The van der Waals surface area contributed by atoms with Crippen molar-refractivity contribution >= 4 is 7.12 Å². The molecule has 4 heteroatoms. The van der Waals surface area contributed by atoms with Gasteiger partial charge < -0.3 is 9.31 Å². The summed E-state index contributed by atoms with van der Waals surface area (Å²) >= 11 is 0. The number of benzene rings is 1. The van der Waals surface area contributed by atoms with E-state index in [9.17, 15) is 0 Å². The first-order valence-electron chi connectivity index (χ1n) is 9.43. The minimum absolute atomic E-state index is 0.00401. The summed E-state index contributed by atoms with van der Waals surface area (Å²) in [5.41, 5.74) is 1.51. The molecule has 3 aliphatic rings. The van der Waals surface area contributed by atoms with Crippen LogP contribution in [0, 0.1) is 5.41 Å². The molecule has 1 spiro atoms. The maximum Gasteiger partial charge on any atom is 0.461 e. The van der Waals surface area contributed by atoms with E-state index in [0.717, 1.165) is 6.54 Å². The fourth-order valence-corrected chi connectivity index (χ4v) is 4.39. The molecule has 0 radical (unpaired) electrons. The number of hydrogen-bond acceptors (Lipinski definition) is 3. The zero-order valence-electron chi connectivity index (χ0n) is 15.5. The van der Waals surface area contributed by atoms with E-state index in [1.165, 1.54) is 37.9 Å². The summed E-state index contributed by atoms with van der Waals surface area (Å²) in [6.45, 7) is 12.1. The van der Waals surface area contributed by atoms with Crippen LogP contribution in [-0.4, -0.2) is 36.3 Å². The molecule has 2 saturated heterocycles. The van der Waals surface area contributed by atoms with Crippen molar-refractivity contribution in [2.45, 2.75) is 70.5 Å². The zero-order chi connectivity index (χ0) is 17.0. The van der Waals surface area contributed by atoms with Crippen LogP contribution in [0.15, 0.2) is 30.3 Å². The molecule has 2 heterocycles. The second kappa shape index (κ2) is 5.58. The first kappa shape index (κ1) is 16.6. The van der Waals surface area contributed by atoms with Gasteiger partial charge in [0, 0.05) is 12.4 Å². The van der Waals surface area contributed by atoms with E-state index < -0.39 is 0 Å². The highest BCUT2D eigenvalue weighted by molar-refractivity contribution is 6.49. The van der Waals surface area contributed by atoms with E-state index in [-0.39, 0.29) is 18.3 Å². The first-order chi connectivity index (χ1) is 11.3. The lowest BCUT2D eigenvalue weighted by Gasteiger charge is -2.33. The van der Waals surface area contributed by atoms with Gasteiger partial charge in [-0.15, -0.1) is 0 Å². The molecule has 0 N–H and O–H groups in total. The van der Waals surface area contributed by atoms with Crippen molar-refractivity contribution in [3.05, 3.63) is 35.9 Å². The molecule has 0 bridgehead atoms. The maximum atomic E-state index is 6.30. The lowest BCUT2D eigenvalue weighted by molar-refractivity contribution is 0.00578. The second-order valence-corrected chi connectivity index (χ2v) is 9.06. The number of piperidine rings is 1. The van der Waals surface area contributed by atoms with Gasteiger partial charge in [-0.1, -0.05) is 30.3 Å². The standard InChI is InChI=1S/C20H30BNO2/c1-18(2)19(3,4)24-21(23-18)17-14-20(17)10-12-22(13-11-20)15-16-8-6-5-7-9-16/h5-9,17H,10-15H2,1-4H3. The lowest BCUT2D eigenvalue weighted by atomic mass is 9.74. The Morgan fingerprint density at radius 2 is 1.58 bits per heavy atom. The molecular formula is C20H30BNO2. The van der Waals surface area contributed by atoms with Crippen LogP contribution < -0.4 is 0 Å². The number of likely N-dealkylation sites (tertiary alicyclic amines) is 1. The van der Waals surface area contributed by atoms with Gasteiger partial charge in [0.1, 0.15) is 0 Å². The maximum absolute atomic E-state index is 6.30. The SMILES string of the molecule is CC1(C)OB(C2CC23CCN(Cc2ccccc2)CC3)OC1(C)C. The minimum Gasteiger partial charge on any atom is -0.403 e. The Kier molecular flexibility index (Phi) is 3.87. The van der Waals surface area contributed by atoms with Crippen LogP contribution in [-0.2, 0) is 15.9 Å². The third-order valence-electron chi connectivity index (χ3n) is 6.95. The van der Waals surface area contributed by atoms with E-state index in [1.54, 1.807) is 0 Å². The molecule has 2 aliphatic heterocycles. The Balaban J connectivity index is 1.33. The fourth-order valence-electron chi connectivity index (χ4n) is 4.39. The monoisotopic (exact) mass is 327 g/mol. The van der Waals surface area contributed by atoms with E-state index in [1.807, 2.05) is 0 Å². The highest BCUT2D eigenvalue weighted by Gasteiger charge is 2.66. The van der Waals surface area contributed by atoms with Crippen molar-refractivity contribution in [2.75, 3.05) is 13.1 Å². The normalized spacial score (nSPS) is 30.7. The van der Waals surface area contributed by atoms with Crippen LogP contribution in [0.1, 0.15) is 52.5 Å². The lowest BCUT2D eigenvalue weighted by Crippen LogP contribution is -2.41. The van der Waals surface area contributed by atoms with Crippen molar-refractivity contribution in [3.63, 3.8) is 0 Å². The zero-order valence-corrected chi connectivity index (χ0v) is 15.5. The summed E-state index contributed by atoms with van der Waals surface area (Å²) in [6, 6.07) is 10.8. The average Bonchev–Trinajstić information content (AvgIpc) is 3.18. The molecule has 0 aromatic heterocycles. The van der Waals surface area contributed by atoms with Gasteiger partial charge in [0.2, 0.25) is 0 Å². The predicted molar refractivity (Wildman–Crippen MR) is 97.8 cm³/mol. The van der Waals surface area contributed by atoms with Gasteiger partial charge in [-0.3, -0.25) is 4.90 Å². The molecule has 130 valence electrons. The molecule has 3 nitrogen and oxygen atoms in total. The van der Waals surface area contributed by atoms with Crippen molar-refractivity contribution in [2.24, 2.45) is 5.41 Å². The van der Waals surface area contributed by atoms with E-state index >= 15 is 0 Å². The summed E-state index contributed by atoms with van der Waals surface area (Å²) in [5, 5.41) is 0. The minimum atomic E-state index is -0.199. The fraction of sp³-hybridized carbons (Fsp3) is 0.700. The smallest absolute Gasteiger partial charge is 0.403 e. The summed E-state index contributed by atoms with van der Waals surface area (Å²) in [7, 11) is -0.00401. The van der Waals surface area contributed by atoms with Crippen molar-refractivity contribution in [3.8, 4) is 0 Å². The van der Waals surface area contributed by atoms with Crippen LogP contribution in [0.4, 0.5) is 0 Å². The number of hydrogen-bond donors (Lipinski definition) is 0. The Morgan fingerprint density at radius 3 is 2.17 bits per heavy atom. The molecule has 1 aromatic rings. The Hall–Kier alpha value is -0.835. The summed E-state index contributed by atoms with van der Waals surface area (Å²) in [6.07, 6.45) is 3.85. The Bertz CT molecular complexity index is 577. The van der Waals surface area contributed by atoms with Crippen molar-refractivity contribution in [1.82, 2.24) is 4.90 Å². The highest BCUT2D eigenvalue weighted by Crippen LogP contribution is 2.67. The molecule has 1 saturated carbocycles. The summed E-state index contributed by atoms with van der Waals surface area (Å²) in [4.78, 5) is 2.60. The van der Waals surface area contributed by atoms with E-state index in [4.69, 9.17) is 9.31 Å². The average molecular weight is 327 g/mol. The molecule has 24 heavy (non-hydrogen) atoms. The second-order valence-electron chi connectivity index (χ2n) is 9.06. The molecule has 4 rings (SSSR count). The van der Waals surface area contributed by atoms with Gasteiger partial charge in [0.15, 0.2) is 0 Å². The first-order valence-corrected chi connectivity index (χ1v) is 9.43. The Labute approximate surface area is 146 Å². The number of nitrogens with zero attached hydrogens (tertiary/aromatic N) is 1. The largest absolute Gasteiger partial charge is 0.461 e. The van der Waals surface area contributed by atoms with Crippen molar-refractivity contribution in [1.29, 1.82) is 0 Å². The summed E-state index contributed by atoms with van der Waals surface area (Å²) in [5.74, 6) is 0.595. The van der Waals surface area contributed by atoms with E-state index in [2.05, 4.69) is 62.9 Å². The van der Waals surface area contributed by atoms with Gasteiger partial charge in [0.05, 0.1) is 11.2 Å². The summed E-state index contributed by atoms with van der Waals surface area (Å²) < 4.78 is 12.6. The topological polar surface area (TPSA) is 21.7 Å². The highest BCUT2D eigenvalue weighted by atomic mass is 16.7. The third kappa shape index (κ3) is 2.83. The van der Waals surface area contributed by atoms with E-state index in [0.29, 0.717) is 11.2 Å². The van der Waals surface area contributed by atoms with Crippen LogP contribution in [0.25, 0.3) is 0 Å². The van der Waals surface area contributed by atoms with Gasteiger partial charge in [-0.2, -0.15) is 0 Å². The van der Waals surface area contributed by atoms with Crippen LogP contribution in [0.5, 0.6) is 0 Å². The molecule has 0 amide bonds. The van der Waals surface area contributed by atoms with Crippen molar-refractivity contribution < 1.29 is 9.31 Å². The molecular weight excluding hydrogens is 297 g/mol. The quantitative estimate of drug-likeness (QED) is 0.779. The molecule has 1 aromatic carbocycles. The molecule has 1 atom stereocenters. The van der Waals surface area contributed by atoms with Gasteiger partial charge in [-0.05, 0) is 71.0 Å². The van der Waals surface area contributed by atoms with Gasteiger partial charge in [0.25, 0.3) is 0 Å².